The van der Waals surface area contributed by atoms with Crippen molar-refractivity contribution in [2.75, 3.05) is 12.3 Å². The lowest BCUT2D eigenvalue weighted by Gasteiger charge is -2.11. The van der Waals surface area contributed by atoms with E-state index in [0.717, 1.165) is 0 Å². The molecule has 0 aromatic heterocycles. The van der Waals surface area contributed by atoms with Crippen molar-refractivity contribution in [3.05, 3.63) is 0 Å². The molecule has 0 heterocycles. The van der Waals surface area contributed by atoms with Crippen LogP contribution in [0.15, 0.2) is 0 Å². The molecule has 4 nitrogen and oxygen atoms in total. The molecule has 0 rings (SSSR count). The zero-order valence-corrected chi connectivity index (χ0v) is 8.26. The Kier molecular flexibility index (Phi) is 5.08. The maximum Gasteiger partial charge on any atom is 0.232 e. The molecule has 1 amide bonds. The van der Waals surface area contributed by atoms with E-state index in [4.69, 9.17) is 11.5 Å². The molecule has 0 spiro atoms. The third-order valence-electron chi connectivity index (χ3n) is 1.65. The summed E-state index contributed by atoms with van der Waals surface area (Å²) in [6.45, 7) is 3.95. The van der Waals surface area contributed by atoms with Crippen LogP contribution in [0.25, 0.3) is 0 Å². The van der Waals surface area contributed by atoms with Gasteiger partial charge in [-0.15, -0.1) is 0 Å². The minimum atomic E-state index is -1.18. The Morgan fingerprint density at radius 3 is 2.33 bits per heavy atom. The van der Waals surface area contributed by atoms with Gasteiger partial charge in [-0.2, -0.15) is 0 Å². The minimum absolute atomic E-state index is 0.174. The van der Waals surface area contributed by atoms with Crippen LogP contribution >= 0.6 is 0 Å². The second kappa shape index (κ2) is 5.27. The Bertz CT molecular complexity index is 184. The molecule has 0 aliphatic carbocycles. The second-order valence-electron chi connectivity index (χ2n) is 2.93. The molecular formula is C7H16N2O2S. The highest BCUT2D eigenvalue weighted by atomic mass is 32.2. The van der Waals surface area contributed by atoms with Crippen molar-refractivity contribution in [1.82, 2.24) is 0 Å². The summed E-state index contributed by atoms with van der Waals surface area (Å²) in [5, 5.41) is -0.570. The van der Waals surface area contributed by atoms with Crippen LogP contribution in [0.2, 0.25) is 0 Å². The van der Waals surface area contributed by atoms with Crippen LogP contribution in [-0.4, -0.2) is 27.7 Å². The van der Waals surface area contributed by atoms with Crippen LogP contribution < -0.4 is 11.5 Å². The third-order valence-corrected chi connectivity index (χ3v) is 3.56. The Morgan fingerprint density at radius 1 is 1.50 bits per heavy atom. The lowest BCUT2D eigenvalue weighted by Crippen LogP contribution is -2.33. The van der Waals surface area contributed by atoms with Gasteiger partial charge in [-0.3, -0.25) is 9.00 Å². The lowest BCUT2D eigenvalue weighted by atomic mass is 10.2. The monoisotopic (exact) mass is 192 g/mol. The zero-order chi connectivity index (χ0) is 9.72. The van der Waals surface area contributed by atoms with E-state index in [9.17, 15) is 9.00 Å². The summed E-state index contributed by atoms with van der Waals surface area (Å²) in [5.41, 5.74) is 10.3. The molecule has 0 saturated carbocycles. The molecule has 0 fully saturated rings. The van der Waals surface area contributed by atoms with Crippen molar-refractivity contribution in [2.24, 2.45) is 17.4 Å². The number of amides is 1. The van der Waals surface area contributed by atoms with Gasteiger partial charge < -0.3 is 11.5 Å². The van der Waals surface area contributed by atoms with Crippen LogP contribution in [-0.2, 0) is 15.6 Å². The Morgan fingerprint density at radius 2 is 2.00 bits per heavy atom. The zero-order valence-electron chi connectivity index (χ0n) is 7.45. The molecule has 72 valence electrons. The van der Waals surface area contributed by atoms with E-state index in [1.165, 1.54) is 0 Å². The van der Waals surface area contributed by atoms with Gasteiger partial charge >= 0.3 is 0 Å². The highest BCUT2D eigenvalue weighted by Crippen LogP contribution is 2.01. The quantitative estimate of drug-likeness (QED) is 0.598. The second-order valence-corrected chi connectivity index (χ2v) is 4.73. The molecule has 0 aliphatic heterocycles. The predicted molar refractivity (Wildman–Crippen MR) is 49.9 cm³/mol. The maximum absolute atomic E-state index is 11.3. The van der Waals surface area contributed by atoms with E-state index in [-0.39, 0.29) is 5.92 Å². The number of carbonyl (C=O) groups excluding carboxylic acids is 1. The van der Waals surface area contributed by atoms with Gasteiger partial charge in [0.15, 0.2) is 0 Å². The number of carbonyl (C=O) groups is 1. The van der Waals surface area contributed by atoms with Crippen molar-refractivity contribution in [1.29, 1.82) is 0 Å². The number of primary amides is 1. The molecule has 0 saturated heterocycles. The van der Waals surface area contributed by atoms with Gasteiger partial charge in [0, 0.05) is 16.6 Å². The van der Waals surface area contributed by atoms with E-state index in [1.54, 1.807) is 6.92 Å². The number of rotatable bonds is 5. The van der Waals surface area contributed by atoms with Crippen LogP contribution in [0.4, 0.5) is 0 Å². The van der Waals surface area contributed by atoms with Gasteiger partial charge in [0.25, 0.3) is 0 Å². The lowest BCUT2D eigenvalue weighted by molar-refractivity contribution is -0.117. The first-order valence-electron chi connectivity index (χ1n) is 3.85. The summed E-state index contributed by atoms with van der Waals surface area (Å²) in [6, 6.07) is 0. The van der Waals surface area contributed by atoms with E-state index >= 15 is 0 Å². The first-order valence-corrected chi connectivity index (χ1v) is 5.23. The molecule has 0 aliphatic rings. The smallest absolute Gasteiger partial charge is 0.232 e. The molecule has 0 aromatic rings. The van der Waals surface area contributed by atoms with Gasteiger partial charge in [0.05, 0.1) is 0 Å². The molecule has 5 heteroatoms. The molecule has 3 unspecified atom stereocenters. The van der Waals surface area contributed by atoms with Crippen LogP contribution in [0.3, 0.4) is 0 Å². The van der Waals surface area contributed by atoms with Gasteiger partial charge in [0.2, 0.25) is 5.91 Å². The fourth-order valence-electron chi connectivity index (χ4n) is 0.622. The first kappa shape index (κ1) is 11.6. The number of nitrogens with two attached hydrogens (primary N) is 2. The van der Waals surface area contributed by atoms with Crippen LogP contribution in [0.1, 0.15) is 13.8 Å². The molecular weight excluding hydrogens is 176 g/mol. The average molecular weight is 192 g/mol. The van der Waals surface area contributed by atoms with Crippen LogP contribution in [0, 0.1) is 5.92 Å². The standard InChI is InChI=1S/C7H16N2O2S/c1-5(3-8)4-12(11)6(2)7(9)10/h5-6H,3-4,8H2,1-2H3,(H2,9,10). The van der Waals surface area contributed by atoms with E-state index < -0.39 is 22.0 Å². The topological polar surface area (TPSA) is 86.2 Å². The normalized spacial score (nSPS) is 18.2. The molecule has 3 atom stereocenters. The summed E-state index contributed by atoms with van der Waals surface area (Å²) >= 11 is 0. The fraction of sp³-hybridized carbons (Fsp3) is 0.857. The summed E-state index contributed by atoms with van der Waals surface area (Å²) in [5.74, 6) is 0.103. The van der Waals surface area contributed by atoms with E-state index in [0.29, 0.717) is 12.3 Å². The highest BCUT2D eigenvalue weighted by molar-refractivity contribution is 7.86. The van der Waals surface area contributed by atoms with Crippen molar-refractivity contribution in [2.45, 2.75) is 19.1 Å². The predicted octanol–water partition coefficient (Wildman–Crippen LogP) is -0.796. The first-order chi connectivity index (χ1) is 5.49. The van der Waals surface area contributed by atoms with Crippen molar-refractivity contribution >= 4 is 16.7 Å². The summed E-state index contributed by atoms with van der Waals surface area (Å²) in [6.07, 6.45) is 0. The minimum Gasteiger partial charge on any atom is -0.369 e. The highest BCUT2D eigenvalue weighted by Gasteiger charge is 2.18. The Labute approximate surface area is 75.1 Å². The van der Waals surface area contributed by atoms with Crippen LogP contribution in [0.5, 0.6) is 0 Å². The van der Waals surface area contributed by atoms with Gasteiger partial charge in [-0.05, 0) is 19.4 Å². The molecule has 0 bridgehead atoms. The number of hydrogen-bond donors (Lipinski definition) is 2. The summed E-state index contributed by atoms with van der Waals surface area (Å²) in [7, 11) is -1.18. The average Bonchev–Trinajstić information content (AvgIpc) is 2.02. The molecule has 12 heavy (non-hydrogen) atoms. The summed E-state index contributed by atoms with van der Waals surface area (Å²) in [4.78, 5) is 10.6. The van der Waals surface area contributed by atoms with Crippen molar-refractivity contribution < 1.29 is 9.00 Å². The Balaban J connectivity index is 3.95. The van der Waals surface area contributed by atoms with Crippen molar-refractivity contribution in [3.63, 3.8) is 0 Å². The van der Waals surface area contributed by atoms with Gasteiger partial charge in [-0.25, -0.2) is 0 Å². The SMILES string of the molecule is CC(CN)CS(=O)C(C)C(N)=O. The Hall–Kier alpha value is -0.420. The van der Waals surface area contributed by atoms with Gasteiger partial charge in [-0.1, -0.05) is 6.92 Å². The molecule has 0 radical (unpaired) electrons. The van der Waals surface area contributed by atoms with Gasteiger partial charge in [0.1, 0.15) is 5.25 Å². The largest absolute Gasteiger partial charge is 0.369 e. The maximum atomic E-state index is 11.3. The molecule has 0 aromatic carbocycles. The fourth-order valence-corrected chi connectivity index (χ4v) is 1.87. The van der Waals surface area contributed by atoms with E-state index in [1.807, 2.05) is 6.92 Å². The third kappa shape index (κ3) is 3.82. The number of hydrogen-bond acceptors (Lipinski definition) is 3. The van der Waals surface area contributed by atoms with Crippen molar-refractivity contribution in [3.8, 4) is 0 Å². The van der Waals surface area contributed by atoms with E-state index in [2.05, 4.69) is 0 Å². The summed E-state index contributed by atoms with van der Waals surface area (Å²) < 4.78 is 11.3. The molecule has 4 N–H and O–H groups in total.